The molecule has 0 unspecified atom stereocenters. The van der Waals surface area contributed by atoms with Gasteiger partial charge in [-0.3, -0.25) is 4.98 Å². The standard InChI is InChI=1S/C9H5Cl2NO4S2/c10-17(13,14)7-1-2-9-6(3-7)4-8(5-12-9)18(11,15)16/h1-5H. The van der Waals surface area contributed by atoms with Crippen LogP contribution in [0, 0.1) is 0 Å². The van der Waals surface area contributed by atoms with Crippen molar-refractivity contribution in [3.8, 4) is 0 Å². The van der Waals surface area contributed by atoms with Crippen molar-refractivity contribution < 1.29 is 16.8 Å². The van der Waals surface area contributed by atoms with E-state index in [0.29, 0.717) is 10.9 Å². The van der Waals surface area contributed by atoms with Gasteiger partial charge in [0.15, 0.2) is 0 Å². The number of benzene rings is 1. The summed E-state index contributed by atoms with van der Waals surface area (Å²) in [6, 6.07) is 5.17. The fraction of sp³-hybridized carbons (Fsp3) is 0. The molecule has 0 aliphatic rings. The van der Waals surface area contributed by atoms with Gasteiger partial charge in [0.25, 0.3) is 18.1 Å². The monoisotopic (exact) mass is 325 g/mol. The second kappa shape index (κ2) is 4.34. The molecule has 2 aromatic rings. The Labute approximate surface area is 112 Å². The smallest absolute Gasteiger partial charge is 0.255 e. The summed E-state index contributed by atoms with van der Waals surface area (Å²) in [4.78, 5) is 3.53. The summed E-state index contributed by atoms with van der Waals surface area (Å²) in [5, 5.41) is 0.318. The zero-order valence-electron chi connectivity index (χ0n) is 8.54. The first-order valence-corrected chi connectivity index (χ1v) is 9.09. The Balaban J connectivity index is 2.76. The molecule has 1 aromatic carbocycles. The van der Waals surface area contributed by atoms with Crippen molar-refractivity contribution in [3.05, 3.63) is 30.5 Å². The number of aromatic nitrogens is 1. The molecule has 0 amide bonds. The first-order chi connectivity index (χ1) is 8.18. The van der Waals surface area contributed by atoms with Gasteiger partial charge in [-0.05, 0) is 24.3 Å². The predicted molar refractivity (Wildman–Crippen MR) is 67.8 cm³/mol. The molecule has 18 heavy (non-hydrogen) atoms. The molecule has 0 saturated carbocycles. The molecule has 5 nitrogen and oxygen atoms in total. The molecule has 9 heteroatoms. The Bertz CT molecular complexity index is 764. The number of halogens is 2. The highest BCUT2D eigenvalue weighted by atomic mass is 35.7. The summed E-state index contributed by atoms with van der Waals surface area (Å²) < 4.78 is 44.6. The van der Waals surface area contributed by atoms with Gasteiger partial charge in [-0.15, -0.1) is 0 Å². The highest BCUT2D eigenvalue weighted by molar-refractivity contribution is 8.14. The minimum atomic E-state index is -3.92. The fourth-order valence-corrected chi connectivity index (χ4v) is 2.86. The van der Waals surface area contributed by atoms with E-state index in [1.165, 1.54) is 24.3 Å². The van der Waals surface area contributed by atoms with Crippen molar-refractivity contribution in [2.45, 2.75) is 9.79 Å². The third kappa shape index (κ3) is 2.74. The third-order valence-corrected chi connectivity index (χ3v) is 4.86. The molecule has 0 aliphatic carbocycles. The van der Waals surface area contributed by atoms with E-state index in [1.807, 2.05) is 0 Å². The van der Waals surface area contributed by atoms with Crippen LogP contribution >= 0.6 is 21.4 Å². The molecule has 0 fully saturated rings. The molecule has 0 radical (unpaired) electrons. The number of nitrogens with zero attached hydrogens (tertiary/aromatic N) is 1. The van der Waals surface area contributed by atoms with Gasteiger partial charge in [0.05, 0.1) is 10.4 Å². The van der Waals surface area contributed by atoms with E-state index < -0.39 is 18.1 Å². The van der Waals surface area contributed by atoms with Gasteiger partial charge in [0, 0.05) is 32.9 Å². The second-order valence-electron chi connectivity index (χ2n) is 3.40. The molecule has 0 saturated heterocycles. The second-order valence-corrected chi connectivity index (χ2v) is 8.53. The Morgan fingerprint density at radius 2 is 1.44 bits per heavy atom. The van der Waals surface area contributed by atoms with Crippen LogP contribution in [0.5, 0.6) is 0 Å². The summed E-state index contributed by atoms with van der Waals surface area (Å²) in [5.41, 5.74) is 0.433. The zero-order valence-corrected chi connectivity index (χ0v) is 11.7. The van der Waals surface area contributed by atoms with Gasteiger partial charge in [-0.1, -0.05) is 0 Å². The lowest BCUT2D eigenvalue weighted by Crippen LogP contribution is -1.94. The largest absolute Gasteiger partial charge is 0.262 e. The van der Waals surface area contributed by atoms with Crippen LogP contribution in [0.25, 0.3) is 10.9 Å². The molecule has 1 heterocycles. The van der Waals surface area contributed by atoms with Crippen LogP contribution in [-0.2, 0) is 18.1 Å². The zero-order chi connectivity index (χ0) is 13.6. The van der Waals surface area contributed by atoms with Crippen molar-refractivity contribution in [1.29, 1.82) is 0 Å². The van der Waals surface area contributed by atoms with E-state index in [1.54, 1.807) is 0 Å². The van der Waals surface area contributed by atoms with E-state index in [0.717, 1.165) is 6.20 Å². The Morgan fingerprint density at radius 1 is 0.889 bits per heavy atom. The van der Waals surface area contributed by atoms with Crippen LogP contribution < -0.4 is 0 Å². The minimum Gasteiger partial charge on any atom is -0.255 e. The lowest BCUT2D eigenvalue weighted by Gasteiger charge is -2.02. The van der Waals surface area contributed by atoms with E-state index in [9.17, 15) is 16.8 Å². The molecule has 0 aliphatic heterocycles. The van der Waals surface area contributed by atoms with Crippen molar-refractivity contribution in [2.75, 3.05) is 0 Å². The average Bonchev–Trinajstić information content (AvgIpc) is 2.25. The maximum Gasteiger partial charge on any atom is 0.262 e. The predicted octanol–water partition coefficient (Wildman–Crippen LogP) is 2.09. The normalized spacial score (nSPS) is 12.8. The van der Waals surface area contributed by atoms with Gasteiger partial charge in [0.2, 0.25) is 0 Å². The van der Waals surface area contributed by atoms with Gasteiger partial charge in [-0.2, -0.15) is 0 Å². The molecule has 0 bridgehead atoms. The van der Waals surface area contributed by atoms with Crippen molar-refractivity contribution in [3.63, 3.8) is 0 Å². The number of hydrogen-bond donors (Lipinski definition) is 0. The number of pyridine rings is 1. The molecule has 1 aromatic heterocycles. The quantitative estimate of drug-likeness (QED) is 0.789. The number of fused-ring (bicyclic) bond motifs is 1. The lowest BCUT2D eigenvalue weighted by molar-refractivity contribution is 0.608. The van der Waals surface area contributed by atoms with Crippen LogP contribution in [0.15, 0.2) is 40.3 Å². The van der Waals surface area contributed by atoms with Gasteiger partial charge >= 0.3 is 0 Å². The highest BCUT2D eigenvalue weighted by Gasteiger charge is 2.14. The molecule has 96 valence electrons. The summed E-state index contributed by atoms with van der Waals surface area (Å²) in [7, 11) is 2.58. The third-order valence-electron chi connectivity index (χ3n) is 2.19. The number of hydrogen-bond acceptors (Lipinski definition) is 5. The summed E-state index contributed by atoms with van der Waals surface area (Å²) in [6.45, 7) is 0. The maximum atomic E-state index is 11.2. The molecule has 0 spiro atoms. The summed E-state index contributed by atoms with van der Waals surface area (Å²) in [6.07, 6.45) is 1.10. The van der Waals surface area contributed by atoms with E-state index >= 15 is 0 Å². The first-order valence-electron chi connectivity index (χ1n) is 4.47. The van der Waals surface area contributed by atoms with E-state index in [2.05, 4.69) is 4.98 Å². The van der Waals surface area contributed by atoms with Crippen LogP contribution in [0.2, 0.25) is 0 Å². The molecular weight excluding hydrogens is 321 g/mol. The summed E-state index contributed by atoms with van der Waals surface area (Å²) >= 11 is 0. The van der Waals surface area contributed by atoms with E-state index in [4.69, 9.17) is 21.4 Å². The summed E-state index contributed by atoms with van der Waals surface area (Å²) in [5.74, 6) is 0. The van der Waals surface area contributed by atoms with Gasteiger partial charge in [-0.25, -0.2) is 16.8 Å². The molecular formula is C9H5Cl2NO4S2. The SMILES string of the molecule is O=S(=O)(Cl)c1ccc2ncc(S(=O)(=O)Cl)cc2c1. The molecule has 2 rings (SSSR count). The van der Waals surface area contributed by atoms with Crippen LogP contribution in [0.3, 0.4) is 0 Å². The fourth-order valence-electron chi connectivity index (χ4n) is 1.37. The van der Waals surface area contributed by atoms with Gasteiger partial charge < -0.3 is 0 Å². The Hall–Kier alpha value is -0.890. The Kier molecular flexibility index (Phi) is 3.26. The maximum absolute atomic E-state index is 11.2. The van der Waals surface area contributed by atoms with Gasteiger partial charge in [0.1, 0.15) is 4.90 Å². The van der Waals surface area contributed by atoms with Crippen molar-refractivity contribution >= 4 is 50.4 Å². The van der Waals surface area contributed by atoms with Crippen LogP contribution in [0.1, 0.15) is 0 Å². The van der Waals surface area contributed by atoms with Crippen LogP contribution in [-0.4, -0.2) is 21.8 Å². The highest BCUT2D eigenvalue weighted by Crippen LogP contribution is 2.23. The topological polar surface area (TPSA) is 81.2 Å². The Morgan fingerprint density at radius 3 is 2.00 bits per heavy atom. The lowest BCUT2D eigenvalue weighted by atomic mass is 10.2. The first kappa shape index (κ1) is 13.5. The average molecular weight is 326 g/mol. The minimum absolute atomic E-state index is 0.136. The van der Waals surface area contributed by atoms with Crippen LogP contribution in [0.4, 0.5) is 0 Å². The van der Waals surface area contributed by atoms with E-state index in [-0.39, 0.29) is 9.79 Å². The molecule has 0 N–H and O–H groups in total. The molecule has 0 atom stereocenters. The van der Waals surface area contributed by atoms with Crippen molar-refractivity contribution in [1.82, 2.24) is 4.98 Å². The number of rotatable bonds is 2. The van der Waals surface area contributed by atoms with Crippen molar-refractivity contribution in [2.24, 2.45) is 0 Å².